The lowest BCUT2D eigenvalue weighted by Gasteiger charge is -2.40. The number of benzene rings is 12. The largest absolute Gasteiger partial charge is 0.458 e. The standard InChI is InChI=1S/C72H48BN5O/c1-8-23-49(24-9-1)74(50-25-10-2-11-26-50)56-39-41-58-60-45-69-62(47-67(60)77(65(58)43-56)54-33-18-6-19-34-54)73-63-48-68-61(46-71(63)79-70-38-22-37-64(72(70)73)76(69)53-31-16-5-17-32-53)59-42-40-57(44-66(59)78(68)55-35-20-7-21-36-55)75(51-27-12-3-13-28-51)52-29-14-4-15-30-52/h1-48H. The fourth-order valence-electron chi connectivity index (χ4n) is 12.7. The van der Waals surface area contributed by atoms with Crippen LogP contribution in [0.1, 0.15) is 0 Å². The molecule has 2 aliphatic heterocycles. The average Bonchev–Trinajstić information content (AvgIpc) is 3.81. The number of rotatable bonds is 9. The van der Waals surface area contributed by atoms with E-state index >= 15 is 0 Å². The maximum Gasteiger partial charge on any atom is 0.256 e. The van der Waals surface area contributed by atoms with Crippen LogP contribution in [0.15, 0.2) is 291 Å². The summed E-state index contributed by atoms with van der Waals surface area (Å²) in [4.78, 5) is 7.15. The molecule has 0 saturated carbocycles. The van der Waals surface area contributed by atoms with Crippen molar-refractivity contribution in [3.8, 4) is 22.9 Å². The smallest absolute Gasteiger partial charge is 0.256 e. The summed E-state index contributed by atoms with van der Waals surface area (Å²) in [5.41, 5.74) is 20.0. The Morgan fingerprint density at radius 2 is 0.684 bits per heavy atom. The molecule has 7 heteroatoms. The molecule has 4 heterocycles. The predicted molar refractivity (Wildman–Crippen MR) is 330 cm³/mol. The van der Waals surface area contributed by atoms with Gasteiger partial charge in [-0.05, 0) is 162 Å². The Hall–Kier alpha value is -10.5. The molecule has 2 aromatic heterocycles. The monoisotopic (exact) mass is 1010 g/mol. The van der Waals surface area contributed by atoms with E-state index in [9.17, 15) is 0 Å². The van der Waals surface area contributed by atoms with E-state index in [2.05, 4.69) is 315 Å². The summed E-state index contributed by atoms with van der Waals surface area (Å²) in [6, 6.07) is 105. The molecular formula is C72H48BN5O. The molecule has 0 amide bonds. The van der Waals surface area contributed by atoms with E-state index in [0.717, 1.165) is 118 Å². The average molecular weight is 1010 g/mol. The van der Waals surface area contributed by atoms with Crippen LogP contribution in [0.25, 0.3) is 55.0 Å². The topological polar surface area (TPSA) is 28.8 Å². The minimum atomic E-state index is -0.174. The van der Waals surface area contributed by atoms with Gasteiger partial charge in [-0.25, -0.2) is 0 Å². The molecule has 0 unspecified atom stereocenters. The molecule has 0 spiro atoms. The van der Waals surface area contributed by atoms with E-state index in [-0.39, 0.29) is 6.71 Å². The van der Waals surface area contributed by atoms with Crippen molar-refractivity contribution < 1.29 is 4.74 Å². The van der Waals surface area contributed by atoms with E-state index in [1.807, 2.05) is 0 Å². The van der Waals surface area contributed by atoms with E-state index in [4.69, 9.17) is 4.74 Å². The first kappa shape index (κ1) is 44.8. The Morgan fingerprint density at radius 3 is 1.15 bits per heavy atom. The summed E-state index contributed by atoms with van der Waals surface area (Å²) in [5.74, 6) is 1.73. The number of para-hydroxylation sites is 7. The van der Waals surface area contributed by atoms with Gasteiger partial charge in [0.05, 0.1) is 22.1 Å². The maximum absolute atomic E-state index is 7.26. The third kappa shape index (κ3) is 7.13. The van der Waals surface area contributed by atoms with Crippen molar-refractivity contribution in [1.82, 2.24) is 9.13 Å². The Morgan fingerprint density at radius 1 is 0.278 bits per heavy atom. The molecule has 370 valence electrons. The second-order valence-electron chi connectivity index (χ2n) is 20.5. The summed E-state index contributed by atoms with van der Waals surface area (Å²) in [5, 5.41) is 4.64. The Bertz CT molecular complexity index is 4550. The lowest BCUT2D eigenvalue weighted by atomic mass is 9.34. The van der Waals surface area contributed by atoms with E-state index in [1.54, 1.807) is 0 Å². The summed E-state index contributed by atoms with van der Waals surface area (Å²) in [6.45, 7) is -0.174. The lowest BCUT2D eigenvalue weighted by molar-refractivity contribution is 0.488. The fraction of sp³-hybridized carbons (Fsp3) is 0. The molecule has 12 aromatic carbocycles. The first-order valence-electron chi connectivity index (χ1n) is 27.0. The molecule has 0 N–H and O–H groups in total. The van der Waals surface area contributed by atoms with Crippen LogP contribution in [0.4, 0.5) is 51.2 Å². The third-order valence-corrected chi connectivity index (χ3v) is 16.1. The van der Waals surface area contributed by atoms with Gasteiger partial charge in [-0.15, -0.1) is 0 Å². The molecule has 2 aliphatic rings. The molecule has 0 atom stereocenters. The summed E-state index contributed by atoms with van der Waals surface area (Å²) < 4.78 is 12.2. The molecule has 16 rings (SSSR count). The minimum Gasteiger partial charge on any atom is -0.458 e. The van der Waals surface area contributed by atoms with Crippen molar-refractivity contribution in [2.45, 2.75) is 0 Å². The van der Waals surface area contributed by atoms with Crippen LogP contribution < -0.4 is 35.8 Å². The summed E-state index contributed by atoms with van der Waals surface area (Å²) >= 11 is 0. The van der Waals surface area contributed by atoms with Gasteiger partial charge < -0.3 is 28.6 Å². The summed E-state index contributed by atoms with van der Waals surface area (Å²) in [6.07, 6.45) is 0. The van der Waals surface area contributed by atoms with E-state index in [1.165, 1.54) is 16.2 Å². The first-order valence-corrected chi connectivity index (χ1v) is 27.0. The normalized spacial score (nSPS) is 12.4. The Labute approximate surface area is 458 Å². The molecule has 0 saturated heterocycles. The molecular weight excluding hydrogens is 962 g/mol. The van der Waals surface area contributed by atoms with Crippen LogP contribution in [0, 0.1) is 0 Å². The molecule has 79 heavy (non-hydrogen) atoms. The van der Waals surface area contributed by atoms with Gasteiger partial charge in [-0.2, -0.15) is 0 Å². The van der Waals surface area contributed by atoms with E-state index in [0.29, 0.717) is 0 Å². The highest BCUT2D eigenvalue weighted by molar-refractivity contribution is 6.99. The first-order chi connectivity index (χ1) is 39.2. The maximum atomic E-state index is 7.26. The van der Waals surface area contributed by atoms with Crippen molar-refractivity contribution in [2.24, 2.45) is 0 Å². The quantitative estimate of drug-likeness (QED) is 0.135. The van der Waals surface area contributed by atoms with Crippen LogP contribution in [0.3, 0.4) is 0 Å². The van der Waals surface area contributed by atoms with Crippen molar-refractivity contribution in [1.29, 1.82) is 0 Å². The number of aromatic nitrogens is 2. The zero-order chi connectivity index (χ0) is 52.0. The van der Waals surface area contributed by atoms with Gasteiger partial charge in [0.15, 0.2) is 0 Å². The molecule has 6 nitrogen and oxygen atoms in total. The summed E-state index contributed by atoms with van der Waals surface area (Å²) in [7, 11) is 0. The second kappa shape index (κ2) is 18.1. The molecule has 0 aliphatic carbocycles. The fourth-order valence-corrected chi connectivity index (χ4v) is 12.7. The molecule has 0 radical (unpaired) electrons. The highest BCUT2D eigenvalue weighted by Gasteiger charge is 2.43. The minimum absolute atomic E-state index is 0.174. The van der Waals surface area contributed by atoms with Gasteiger partial charge in [0, 0.05) is 84.1 Å². The van der Waals surface area contributed by atoms with Crippen LogP contribution in [-0.2, 0) is 0 Å². The number of hydrogen-bond donors (Lipinski definition) is 0. The molecule has 0 bridgehead atoms. The number of fused-ring (bicyclic) bond motifs is 10. The van der Waals surface area contributed by atoms with Gasteiger partial charge in [0.1, 0.15) is 11.5 Å². The third-order valence-electron chi connectivity index (χ3n) is 16.1. The molecule has 14 aromatic rings. The number of hydrogen-bond acceptors (Lipinski definition) is 4. The Balaban J connectivity index is 0.963. The van der Waals surface area contributed by atoms with Gasteiger partial charge in [-0.3, -0.25) is 0 Å². The van der Waals surface area contributed by atoms with Gasteiger partial charge in [0.25, 0.3) is 6.71 Å². The Kier molecular flexibility index (Phi) is 10.2. The van der Waals surface area contributed by atoms with Gasteiger partial charge in [-0.1, -0.05) is 146 Å². The zero-order valence-electron chi connectivity index (χ0n) is 42.9. The van der Waals surface area contributed by atoms with Gasteiger partial charge >= 0.3 is 0 Å². The number of anilines is 9. The number of ether oxygens (including phenoxy) is 1. The zero-order valence-corrected chi connectivity index (χ0v) is 42.9. The number of nitrogens with zero attached hydrogens (tertiary/aromatic N) is 5. The van der Waals surface area contributed by atoms with Crippen molar-refractivity contribution in [3.05, 3.63) is 291 Å². The van der Waals surface area contributed by atoms with Crippen LogP contribution in [0.2, 0.25) is 0 Å². The lowest BCUT2D eigenvalue weighted by Crippen LogP contribution is -2.59. The van der Waals surface area contributed by atoms with Crippen LogP contribution in [-0.4, -0.2) is 15.8 Å². The van der Waals surface area contributed by atoms with Gasteiger partial charge in [0.2, 0.25) is 0 Å². The van der Waals surface area contributed by atoms with Crippen molar-refractivity contribution in [2.75, 3.05) is 14.7 Å². The van der Waals surface area contributed by atoms with Crippen LogP contribution in [0.5, 0.6) is 11.5 Å². The predicted octanol–water partition coefficient (Wildman–Crippen LogP) is 17.2. The SMILES string of the molecule is c1ccc(N(c2ccccc2)c2ccc3c4cc5c(cc4n(-c4ccccc4)c3c2)B2c3cc4c(cc3N(c3ccccc3)c3cccc(c32)O5)c2ccc(N(c3ccccc3)c3ccccc3)cc2n4-c2ccccc2)cc1. The van der Waals surface area contributed by atoms with E-state index < -0.39 is 0 Å². The highest BCUT2D eigenvalue weighted by atomic mass is 16.5. The van der Waals surface area contributed by atoms with Crippen molar-refractivity contribution >= 4 is 118 Å². The van der Waals surface area contributed by atoms with Crippen molar-refractivity contribution in [3.63, 3.8) is 0 Å². The molecule has 0 fully saturated rings. The highest BCUT2D eigenvalue weighted by Crippen LogP contribution is 2.47. The van der Waals surface area contributed by atoms with Crippen LogP contribution >= 0.6 is 0 Å². The second-order valence-corrected chi connectivity index (χ2v) is 20.5.